The molecular formula is C24H38O9. The van der Waals surface area contributed by atoms with Crippen molar-refractivity contribution in [2.75, 3.05) is 13.7 Å². The van der Waals surface area contributed by atoms with E-state index in [1.807, 2.05) is 0 Å². The van der Waals surface area contributed by atoms with Crippen LogP contribution in [0, 0.1) is 0 Å². The van der Waals surface area contributed by atoms with Crippen LogP contribution in [0.3, 0.4) is 0 Å². The van der Waals surface area contributed by atoms with Gasteiger partial charge >= 0.3 is 5.97 Å². The van der Waals surface area contributed by atoms with Gasteiger partial charge in [0.25, 0.3) is 0 Å². The van der Waals surface area contributed by atoms with Crippen LogP contribution in [-0.2, 0) is 20.9 Å². The normalized spacial score (nSPS) is 25.0. The van der Waals surface area contributed by atoms with E-state index in [2.05, 4.69) is 6.92 Å². The van der Waals surface area contributed by atoms with E-state index >= 15 is 0 Å². The van der Waals surface area contributed by atoms with Crippen LogP contribution in [0.15, 0.2) is 18.2 Å². The first-order chi connectivity index (χ1) is 15.9. The molecule has 1 heterocycles. The highest BCUT2D eigenvalue weighted by Gasteiger charge is 2.44. The number of methoxy groups -OCH3 is 1. The average Bonchev–Trinajstić information content (AvgIpc) is 2.82. The Kier molecular flexibility index (Phi) is 11.9. The van der Waals surface area contributed by atoms with Crippen molar-refractivity contribution in [2.24, 2.45) is 0 Å². The highest BCUT2D eigenvalue weighted by atomic mass is 16.7. The molecule has 33 heavy (non-hydrogen) atoms. The largest absolute Gasteiger partial charge is 0.493 e. The molecule has 0 bridgehead atoms. The molecule has 0 spiro atoms. The van der Waals surface area contributed by atoms with Gasteiger partial charge in [0.2, 0.25) is 6.29 Å². The Morgan fingerprint density at radius 1 is 0.970 bits per heavy atom. The predicted octanol–water partition coefficient (Wildman–Crippen LogP) is 2.06. The van der Waals surface area contributed by atoms with Gasteiger partial charge in [-0.25, -0.2) is 0 Å². The first-order valence-electron chi connectivity index (χ1n) is 11.7. The minimum Gasteiger partial charge on any atom is -0.493 e. The van der Waals surface area contributed by atoms with Crippen LogP contribution in [0.2, 0.25) is 0 Å². The van der Waals surface area contributed by atoms with E-state index in [1.54, 1.807) is 18.2 Å². The van der Waals surface area contributed by atoms with Crippen LogP contribution in [0.5, 0.6) is 11.5 Å². The molecule has 1 fully saturated rings. The number of ether oxygens (including phenoxy) is 4. The fourth-order valence-corrected chi connectivity index (χ4v) is 3.65. The summed E-state index contributed by atoms with van der Waals surface area (Å²) in [5.74, 6) is 0.289. The van der Waals surface area contributed by atoms with Crippen LogP contribution >= 0.6 is 0 Å². The molecule has 5 atom stereocenters. The van der Waals surface area contributed by atoms with Crippen molar-refractivity contribution in [2.45, 2.75) is 95.6 Å². The number of hydrogen-bond acceptors (Lipinski definition) is 9. The molecule has 1 unspecified atom stereocenters. The molecule has 9 heteroatoms. The third kappa shape index (κ3) is 8.42. The minimum absolute atomic E-state index is 0.0893. The molecule has 4 N–H and O–H groups in total. The summed E-state index contributed by atoms with van der Waals surface area (Å²) in [6.45, 7) is 1.73. The van der Waals surface area contributed by atoms with Crippen molar-refractivity contribution in [3.63, 3.8) is 0 Å². The van der Waals surface area contributed by atoms with Crippen LogP contribution in [-0.4, -0.2) is 70.8 Å². The minimum atomic E-state index is -1.54. The molecule has 0 radical (unpaired) electrons. The number of carbonyl (C=O) groups is 1. The second-order valence-corrected chi connectivity index (χ2v) is 8.33. The molecule has 0 aliphatic carbocycles. The lowest BCUT2D eigenvalue weighted by Crippen LogP contribution is -2.60. The second-order valence-electron chi connectivity index (χ2n) is 8.33. The van der Waals surface area contributed by atoms with Gasteiger partial charge in [-0.2, -0.15) is 0 Å². The summed E-state index contributed by atoms with van der Waals surface area (Å²) >= 11 is 0. The van der Waals surface area contributed by atoms with E-state index in [0.29, 0.717) is 17.7 Å². The maximum Gasteiger partial charge on any atom is 0.306 e. The van der Waals surface area contributed by atoms with Gasteiger partial charge in [0.05, 0.1) is 13.7 Å². The third-order valence-corrected chi connectivity index (χ3v) is 5.70. The van der Waals surface area contributed by atoms with Crippen LogP contribution in [0.25, 0.3) is 0 Å². The molecule has 0 aromatic heterocycles. The van der Waals surface area contributed by atoms with Gasteiger partial charge in [-0.05, 0) is 24.1 Å². The van der Waals surface area contributed by atoms with E-state index in [-0.39, 0.29) is 18.3 Å². The van der Waals surface area contributed by atoms with Gasteiger partial charge in [0.1, 0.15) is 31.0 Å². The summed E-state index contributed by atoms with van der Waals surface area (Å²) in [5.41, 5.74) is 0.695. The van der Waals surface area contributed by atoms with Crippen molar-refractivity contribution >= 4 is 5.97 Å². The molecule has 1 aromatic rings. The molecule has 1 aromatic carbocycles. The molecule has 1 saturated heterocycles. The van der Waals surface area contributed by atoms with Gasteiger partial charge in [0.15, 0.2) is 11.5 Å². The zero-order valence-corrected chi connectivity index (χ0v) is 19.5. The third-order valence-electron chi connectivity index (χ3n) is 5.70. The SMILES string of the molecule is CCCCCCCCCC(=O)OCc1ccc(OC2O[C@H](CO)[C@@H](O)[C@H](O)[C@H]2O)c(OC)c1. The maximum atomic E-state index is 12.0. The van der Waals surface area contributed by atoms with Crippen molar-refractivity contribution in [1.82, 2.24) is 0 Å². The summed E-state index contributed by atoms with van der Waals surface area (Å²) in [4.78, 5) is 12.0. The highest BCUT2D eigenvalue weighted by Crippen LogP contribution is 2.32. The first kappa shape index (κ1) is 27.3. The molecule has 0 saturated carbocycles. The number of hydrogen-bond donors (Lipinski definition) is 4. The van der Waals surface area contributed by atoms with E-state index in [4.69, 9.17) is 18.9 Å². The van der Waals surface area contributed by atoms with E-state index in [1.165, 1.54) is 32.8 Å². The lowest BCUT2D eigenvalue weighted by Gasteiger charge is -2.39. The predicted molar refractivity (Wildman–Crippen MR) is 120 cm³/mol. The van der Waals surface area contributed by atoms with Crippen molar-refractivity contribution in [1.29, 1.82) is 0 Å². The fraction of sp³-hybridized carbons (Fsp3) is 0.708. The number of benzene rings is 1. The number of carbonyl (C=O) groups excluding carboxylic acids is 1. The molecular weight excluding hydrogens is 432 g/mol. The second kappa shape index (κ2) is 14.4. The van der Waals surface area contributed by atoms with Gasteiger partial charge in [-0.1, -0.05) is 51.5 Å². The number of rotatable bonds is 14. The zero-order valence-electron chi connectivity index (χ0n) is 19.5. The average molecular weight is 471 g/mol. The molecule has 0 amide bonds. The maximum absolute atomic E-state index is 12.0. The van der Waals surface area contributed by atoms with Crippen LogP contribution < -0.4 is 9.47 Å². The highest BCUT2D eigenvalue weighted by molar-refractivity contribution is 5.69. The Morgan fingerprint density at radius 2 is 1.67 bits per heavy atom. The van der Waals surface area contributed by atoms with Gasteiger partial charge in [0, 0.05) is 6.42 Å². The molecule has 2 rings (SSSR count). The van der Waals surface area contributed by atoms with Gasteiger partial charge < -0.3 is 39.4 Å². The van der Waals surface area contributed by atoms with Gasteiger partial charge in [-0.3, -0.25) is 4.79 Å². The lowest BCUT2D eigenvalue weighted by atomic mass is 9.99. The molecule has 1 aliphatic heterocycles. The number of aliphatic hydroxyl groups excluding tert-OH is 4. The summed E-state index contributed by atoms with van der Waals surface area (Å²) in [6, 6.07) is 4.89. The van der Waals surface area contributed by atoms with Crippen molar-refractivity contribution in [3.05, 3.63) is 23.8 Å². The summed E-state index contributed by atoms with van der Waals surface area (Å²) in [7, 11) is 1.44. The monoisotopic (exact) mass is 470 g/mol. The quantitative estimate of drug-likeness (QED) is 0.238. The molecule has 1 aliphatic rings. The van der Waals surface area contributed by atoms with E-state index in [9.17, 15) is 25.2 Å². The summed E-state index contributed by atoms with van der Waals surface area (Å²) in [5, 5.41) is 39.2. The number of esters is 1. The van der Waals surface area contributed by atoms with Gasteiger partial charge in [-0.15, -0.1) is 0 Å². The first-order valence-corrected chi connectivity index (χ1v) is 11.7. The van der Waals surface area contributed by atoms with Crippen LogP contribution in [0.4, 0.5) is 0 Å². The Bertz CT molecular complexity index is 709. The summed E-state index contributed by atoms with van der Waals surface area (Å²) in [6.07, 6.45) is 1.39. The Balaban J connectivity index is 1.83. The molecule has 9 nitrogen and oxygen atoms in total. The Hall–Kier alpha value is -1.91. The smallest absolute Gasteiger partial charge is 0.306 e. The summed E-state index contributed by atoms with van der Waals surface area (Å²) < 4.78 is 21.7. The topological polar surface area (TPSA) is 135 Å². The van der Waals surface area contributed by atoms with Crippen molar-refractivity contribution in [3.8, 4) is 11.5 Å². The number of unbranched alkanes of at least 4 members (excludes halogenated alkanes) is 6. The fourth-order valence-electron chi connectivity index (χ4n) is 3.65. The lowest BCUT2D eigenvalue weighted by molar-refractivity contribution is -0.277. The van der Waals surface area contributed by atoms with E-state index < -0.39 is 37.3 Å². The Morgan fingerprint density at radius 3 is 2.33 bits per heavy atom. The number of aliphatic hydroxyl groups is 4. The standard InChI is InChI=1S/C24H38O9/c1-3-4-5-6-7-8-9-10-20(26)31-15-16-11-12-17(18(13-16)30-2)32-24-23(29)22(28)21(27)19(14-25)33-24/h11-13,19,21-25,27-29H,3-10,14-15H2,1-2H3/t19-,21-,22+,23-,24?/m1/s1. The zero-order chi connectivity index (χ0) is 24.2. The molecule has 188 valence electrons. The van der Waals surface area contributed by atoms with Crippen LogP contribution in [0.1, 0.15) is 63.9 Å². The van der Waals surface area contributed by atoms with Crippen molar-refractivity contribution < 1.29 is 44.2 Å². The van der Waals surface area contributed by atoms with E-state index in [0.717, 1.165) is 19.3 Å². The Labute approximate surface area is 195 Å².